The van der Waals surface area contributed by atoms with E-state index in [4.69, 9.17) is 14.2 Å². The smallest absolute Gasteiger partial charge is 0.412 e. The number of nitrogens with zero attached hydrogens (tertiary/aromatic N) is 1. The third-order valence-corrected chi connectivity index (χ3v) is 5.50. The number of hydrogen-bond donors (Lipinski definition) is 0. The summed E-state index contributed by atoms with van der Waals surface area (Å²) in [4.78, 5) is 14.4. The van der Waals surface area contributed by atoms with Crippen molar-refractivity contribution < 1.29 is 19.0 Å². The second-order valence-corrected chi connectivity index (χ2v) is 9.88. The Morgan fingerprint density at radius 2 is 1.88 bits per heavy atom. The molecule has 0 spiro atoms. The molecule has 1 amide bonds. The van der Waals surface area contributed by atoms with Crippen LogP contribution in [0.4, 0.5) is 4.79 Å². The minimum atomic E-state index is -0.681. The molecule has 1 atom stereocenters. The van der Waals surface area contributed by atoms with Crippen LogP contribution in [0.15, 0.2) is 12.1 Å². The summed E-state index contributed by atoms with van der Waals surface area (Å²) in [5, 5.41) is 0. The van der Waals surface area contributed by atoms with Crippen molar-refractivity contribution in [2.45, 2.75) is 58.4 Å². The Bertz CT molecular complexity index is 632. The third-order valence-electron chi connectivity index (χ3n) is 3.90. The molecule has 0 bridgehead atoms. The van der Waals surface area contributed by atoms with Crippen LogP contribution in [0.25, 0.3) is 0 Å². The number of methoxy groups -OCH3 is 1. The van der Waals surface area contributed by atoms with Gasteiger partial charge in [0.2, 0.25) is 0 Å². The van der Waals surface area contributed by atoms with Crippen molar-refractivity contribution in [3.63, 3.8) is 0 Å². The molecule has 0 radical (unpaired) electrons. The average molecular weight is 573 g/mol. The van der Waals surface area contributed by atoms with Crippen molar-refractivity contribution in [1.29, 1.82) is 0 Å². The predicted molar refractivity (Wildman–Crippen MR) is 114 cm³/mol. The second kappa shape index (κ2) is 7.75. The van der Waals surface area contributed by atoms with Crippen LogP contribution in [0, 0.1) is 7.14 Å². The van der Waals surface area contributed by atoms with Crippen molar-refractivity contribution in [3.8, 4) is 5.75 Å². The number of hydrogen-bond acceptors (Lipinski definition) is 4. The number of carbonyl (C=O) groups is 1. The van der Waals surface area contributed by atoms with E-state index in [0.29, 0.717) is 13.0 Å². The molecule has 1 saturated heterocycles. The van der Waals surface area contributed by atoms with E-state index < -0.39 is 11.3 Å². The Morgan fingerprint density at radius 3 is 2.36 bits per heavy atom. The van der Waals surface area contributed by atoms with Gasteiger partial charge in [0.1, 0.15) is 17.1 Å². The van der Waals surface area contributed by atoms with Gasteiger partial charge in [-0.15, -0.1) is 0 Å². The molecule has 25 heavy (non-hydrogen) atoms. The monoisotopic (exact) mass is 573 g/mol. The van der Waals surface area contributed by atoms with Gasteiger partial charge in [0.25, 0.3) is 0 Å². The second-order valence-electron chi connectivity index (χ2n) is 7.56. The van der Waals surface area contributed by atoms with Gasteiger partial charge >= 0.3 is 6.09 Å². The van der Waals surface area contributed by atoms with E-state index in [-0.39, 0.29) is 12.1 Å². The maximum atomic E-state index is 12.7. The van der Waals surface area contributed by atoms with Crippen LogP contribution in [-0.4, -0.2) is 42.1 Å². The Balaban J connectivity index is 2.24. The van der Waals surface area contributed by atoms with E-state index in [9.17, 15) is 4.79 Å². The standard InChI is InChI=1S/C18H25I2NO4/c1-17(2,3)25-16(22)21-12(10-24-18(21,4)5)7-11-8-13(19)15(23-6)14(20)9-11/h8-9,12H,7,10H2,1-6H3/t12-/m0/s1. The molecule has 140 valence electrons. The molecule has 0 unspecified atom stereocenters. The minimum absolute atomic E-state index is 0.0650. The Kier molecular flexibility index (Phi) is 6.52. The molecule has 1 fully saturated rings. The lowest BCUT2D eigenvalue weighted by Gasteiger charge is -2.35. The molecular formula is C18H25I2NO4. The van der Waals surface area contributed by atoms with Crippen LogP contribution >= 0.6 is 45.2 Å². The molecule has 1 aromatic rings. The van der Waals surface area contributed by atoms with Gasteiger partial charge in [-0.3, -0.25) is 4.90 Å². The Morgan fingerprint density at radius 1 is 1.32 bits per heavy atom. The van der Waals surface area contributed by atoms with Crippen LogP contribution in [0.3, 0.4) is 0 Å². The summed E-state index contributed by atoms with van der Waals surface area (Å²) in [7, 11) is 1.68. The molecule has 1 heterocycles. The highest BCUT2D eigenvalue weighted by atomic mass is 127. The summed E-state index contributed by atoms with van der Waals surface area (Å²) < 4.78 is 19.0. The van der Waals surface area contributed by atoms with E-state index in [0.717, 1.165) is 18.5 Å². The molecule has 2 rings (SSSR count). The van der Waals surface area contributed by atoms with Crippen LogP contribution in [0.5, 0.6) is 5.75 Å². The van der Waals surface area contributed by atoms with Gasteiger partial charge in [-0.25, -0.2) is 4.79 Å². The Labute approximate surface area is 177 Å². The topological polar surface area (TPSA) is 48.0 Å². The van der Waals surface area contributed by atoms with Crippen LogP contribution in [-0.2, 0) is 15.9 Å². The van der Waals surface area contributed by atoms with Crippen LogP contribution in [0.2, 0.25) is 0 Å². The van der Waals surface area contributed by atoms with E-state index in [1.807, 2.05) is 34.6 Å². The van der Waals surface area contributed by atoms with E-state index >= 15 is 0 Å². The zero-order valence-electron chi connectivity index (χ0n) is 15.5. The molecule has 0 aromatic heterocycles. The van der Waals surface area contributed by atoms with Gasteiger partial charge in [-0.1, -0.05) is 0 Å². The fourth-order valence-corrected chi connectivity index (χ4v) is 5.25. The molecule has 0 aliphatic carbocycles. The molecule has 0 saturated carbocycles. The van der Waals surface area contributed by atoms with Crippen LogP contribution < -0.4 is 4.74 Å². The quantitative estimate of drug-likeness (QED) is 0.487. The molecular weight excluding hydrogens is 548 g/mol. The first-order chi connectivity index (χ1) is 11.4. The summed E-state index contributed by atoms with van der Waals surface area (Å²) in [6.07, 6.45) is 0.372. The van der Waals surface area contributed by atoms with Gasteiger partial charge in [0.05, 0.1) is 26.9 Å². The molecule has 1 aliphatic heterocycles. The van der Waals surface area contributed by atoms with Gasteiger partial charge in [-0.05, 0) is 104 Å². The summed E-state index contributed by atoms with van der Waals surface area (Å²) in [6, 6.07) is 4.13. The van der Waals surface area contributed by atoms with Crippen molar-refractivity contribution in [2.24, 2.45) is 0 Å². The summed E-state index contributed by atoms with van der Waals surface area (Å²) in [5.74, 6) is 0.886. The molecule has 1 aliphatic rings. The fraction of sp³-hybridized carbons (Fsp3) is 0.611. The molecule has 5 nitrogen and oxygen atoms in total. The van der Waals surface area contributed by atoms with Crippen molar-refractivity contribution in [1.82, 2.24) is 4.90 Å². The predicted octanol–water partition coefficient (Wildman–Crippen LogP) is 4.82. The van der Waals surface area contributed by atoms with Gasteiger partial charge < -0.3 is 14.2 Å². The lowest BCUT2D eigenvalue weighted by Crippen LogP contribution is -2.50. The molecule has 7 heteroatoms. The third kappa shape index (κ3) is 5.12. The number of ether oxygens (including phenoxy) is 3. The SMILES string of the molecule is COc1c(I)cc(C[C@H]2COC(C)(C)N2C(=O)OC(C)(C)C)cc1I. The number of carbonyl (C=O) groups excluding carboxylic acids is 1. The highest BCUT2D eigenvalue weighted by Crippen LogP contribution is 2.33. The van der Waals surface area contributed by atoms with Gasteiger partial charge in [0, 0.05) is 0 Å². The normalized spacial score (nSPS) is 19.8. The lowest BCUT2D eigenvalue weighted by atomic mass is 10.0. The van der Waals surface area contributed by atoms with Crippen molar-refractivity contribution >= 4 is 51.3 Å². The zero-order valence-corrected chi connectivity index (χ0v) is 19.8. The first kappa shape index (κ1) is 21.0. The summed E-state index contributed by atoms with van der Waals surface area (Å²) in [6.45, 7) is 9.91. The highest BCUT2D eigenvalue weighted by molar-refractivity contribution is 14.1. The van der Waals surface area contributed by atoms with Crippen molar-refractivity contribution in [3.05, 3.63) is 24.8 Å². The number of benzene rings is 1. The largest absolute Gasteiger partial charge is 0.495 e. The van der Waals surface area contributed by atoms with E-state index in [2.05, 4.69) is 57.3 Å². The molecule has 0 N–H and O–H groups in total. The maximum Gasteiger partial charge on any atom is 0.412 e. The maximum absolute atomic E-state index is 12.7. The lowest BCUT2D eigenvalue weighted by molar-refractivity contribution is -0.0624. The number of halogens is 2. The summed E-state index contributed by atoms with van der Waals surface area (Å²) in [5.41, 5.74) is -0.0697. The zero-order chi connectivity index (χ0) is 19.0. The molecule has 1 aromatic carbocycles. The van der Waals surface area contributed by atoms with Crippen molar-refractivity contribution in [2.75, 3.05) is 13.7 Å². The highest BCUT2D eigenvalue weighted by Gasteiger charge is 2.45. The van der Waals surface area contributed by atoms with Gasteiger partial charge in [0.15, 0.2) is 0 Å². The minimum Gasteiger partial charge on any atom is -0.495 e. The first-order valence-corrected chi connectivity index (χ1v) is 10.3. The van der Waals surface area contributed by atoms with Crippen LogP contribution in [0.1, 0.15) is 40.2 Å². The Hall–Kier alpha value is -0.290. The first-order valence-electron chi connectivity index (χ1n) is 8.13. The number of rotatable bonds is 3. The van der Waals surface area contributed by atoms with E-state index in [1.54, 1.807) is 12.0 Å². The fourth-order valence-electron chi connectivity index (χ4n) is 2.91. The van der Waals surface area contributed by atoms with E-state index in [1.165, 1.54) is 0 Å². The summed E-state index contributed by atoms with van der Waals surface area (Å²) >= 11 is 4.55. The average Bonchev–Trinajstić information content (AvgIpc) is 2.71. The van der Waals surface area contributed by atoms with Gasteiger partial charge in [-0.2, -0.15) is 0 Å². The number of amides is 1.